The number of aromatic nitrogens is 2. The Morgan fingerprint density at radius 3 is 2.78 bits per heavy atom. The van der Waals surface area contributed by atoms with Crippen molar-refractivity contribution in [2.24, 2.45) is 0 Å². The predicted octanol–water partition coefficient (Wildman–Crippen LogP) is 3.49. The summed E-state index contributed by atoms with van der Waals surface area (Å²) in [4.78, 5) is 25.0. The molecule has 7 nitrogen and oxygen atoms in total. The van der Waals surface area contributed by atoms with E-state index >= 15 is 0 Å². The highest BCUT2D eigenvalue weighted by atomic mass is 32.2. The van der Waals surface area contributed by atoms with Crippen LogP contribution < -0.4 is 16.4 Å². The summed E-state index contributed by atoms with van der Waals surface area (Å²) >= 11 is 2.86. The van der Waals surface area contributed by atoms with Gasteiger partial charge in [-0.1, -0.05) is 29.4 Å². The summed E-state index contributed by atoms with van der Waals surface area (Å²) in [5.41, 5.74) is 6.81. The van der Waals surface area contributed by atoms with Crippen LogP contribution in [0.15, 0.2) is 41.4 Å². The molecule has 1 unspecified atom stereocenters. The molecule has 0 bridgehead atoms. The van der Waals surface area contributed by atoms with Crippen molar-refractivity contribution in [1.82, 2.24) is 19.2 Å². The van der Waals surface area contributed by atoms with E-state index in [0.29, 0.717) is 17.0 Å². The summed E-state index contributed by atoms with van der Waals surface area (Å²) in [6.45, 7) is 2.49. The van der Waals surface area contributed by atoms with Gasteiger partial charge in [0.05, 0.1) is 12.1 Å². The van der Waals surface area contributed by atoms with E-state index in [2.05, 4.69) is 40.7 Å². The second-order valence-corrected chi connectivity index (χ2v) is 11.4. The number of thiazole rings is 1. The molecule has 0 spiro atoms. The first-order chi connectivity index (χ1) is 17.3. The van der Waals surface area contributed by atoms with Gasteiger partial charge in [-0.2, -0.15) is 0 Å². The Hall–Kier alpha value is -2.54. The van der Waals surface area contributed by atoms with E-state index in [9.17, 15) is 9.18 Å². The number of ketones is 1. The molecule has 0 amide bonds. The molecule has 1 aliphatic rings. The van der Waals surface area contributed by atoms with E-state index in [1.54, 1.807) is 24.1 Å². The minimum Gasteiger partial charge on any atom is -0.382 e. The topological polar surface area (TPSA) is 87.4 Å². The molecule has 0 aliphatic carbocycles. The van der Waals surface area contributed by atoms with Crippen molar-refractivity contribution < 1.29 is 9.18 Å². The van der Waals surface area contributed by atoms with Gasteiger partial charge in [-0.3, -0.25) is 9.69 Å². The number of carbonyl (C=O) groups is 1. The van der Waals surface area contributed by atoms with Gasteiger partial charge in [0.15, 0.2) is 5.13 Å². The predicted molar refractivity (Wildman–Crippen MR) is 149 cm³/mol. The van der Waals surface area contributed by atoms with Gasteiger partial charge in [-0.05, 0) is 68.3 Å². The Labute approximate surface area is 221 Å². The van der Waals surface area contributed by atoms with Crippen molar-refractivity contribution in [3.63, 3.8) is 0 Å². The van der Waals surface area contributed by atoms with Gasteiger partial charge in [0.2, 0.25) is 5.78 Å². The van der Waals surface area contributed by atoms with Gasteiger partial charge in [0.1, 0.15) is 22.2 Å². The summed E-state index contributed by atoms with van der Waals surface area (Å²) in [5.74, 6) is 5.27. The molecule has 3 heterocycles. The smallest absolute Gasteiger partial charge is 0.210 e. The molecule has 1 aliphatic heterocycles. The Morgan fingerprint density at radius 2 is 2.11 bits per heavy atom. The van der Waals surface area contributed by atoms with E-state index in [4.69, 9.17) is 5.73 Å². The van der Waals surface area contributed by atoms with Crippen LogP contribution in [0, 0.1) is 17.7 Å². The average molecular weight is 543 g/mol. The molecule has 2 aromatic heterocycles. The molecule has 0 radical (unpaired) electrons. The van der Waals surface area contributed by atoms with Crippen LogP contribution in [0.4, 0.5) is 15.3 Å². The highest BCUT2D eigenvalue weighted by Gasteiger charge is 2.25. The molecule has 3 aromatic rings. The molecule has 1 saturated heterocycles. The number of carbonyl (C=O) groups excluding carboxylic acids is 1. The zero-order chi connectivity index (χ0) is 25.7. The maximum atomic E-state index is 14.3. The monoisotopic (exact) mass is 542 g/mol. The number of nitrogens with one attached hydrogen (secondary N) is 1. The van der Waals surface area contributed by atoms with Crippen molar-refractivity contribution in [3.8, 4) is 11.8 Å². The quantitative estimate of drug-likeness (QED) is 0.203. The molecule has 0 saturated carbocycles. The van der Waals surface area contributed by atoms with Crippen molar-refractivity contribution in [2.75, 3.05) is 44.8 Å². The molecule has 36 heavy (non-hydrogen) atoms. The minimum absolute atomic E-state index is 0.0119. The maximum absolute atomic E-state index is 14.3. The van der Waals surface area contributed by atoms with Crippen LogP contribution in [0.1, 0.15) is 33.8 Å². The Balaban J connectivity index is 1.30. The van der Waals surface area contributed by atoms with E-state index in [1.807, 2.05) is 37.3 Å². The molecule has 1 aromatic carbocycles. The van der Waals surface area contributed by atoms with E-state index < -0.39 is 11.6 Å². The summed E-state index contributed by atoms with van der Waals surface area (Å²) in [6, 6.07) is 8.73. The number of nitrogens with zero attached hydrogens (tertiary/aromatic N) is 4. The van der Waals surface area contributed by atoms with Crippen LogP contribution in [-0.2, 0) is 0 Å². The highest BCUT2D eigenvalue weighted by Crippen LogP contribution is 2.31. The van der Waals surface area contributed by atoms with Crippen LogP contribution in [0.2, 0.25) is 0 Å². The summed E-state index contributed by atoms with van der Waals surface area (Å²) < 4.78 is 16.6. The fourth-order valence-electron chi connectivity index (χ4n) is 3.66. The fraction of sp³-hybridized carbons (Fsp3) is 0.320. The van der Waals surface area contributed by atoms with Crippen molar-refractivity contribution in [1.29, 1.82) is 0 Å². The number of halogens is 1. The number of hydrogen-bond donors (Lipinski definition) is 2. The maximum Gasteiger partial charge on any atom is 0.210 e. The number of pyridine rings is 1. The Morgan fingerprint density at radius 1 is 1.33 bits per heavy atom. The average Bonchev–Trinajstić information content (AvgIpc) is 3.21. The lowest BCUT2D eigenvalue weighted by molar-refractivity contribution is 0.104. The van der Waals surface area contributed by atoms with Crippen molar-refractivity contribution in [3.05, 3.63) is 58.5 Å². The number of benzene rings is 1. The Bertz CT molecular complexity index is 1260. The van der Waals surface area contributed by atoms with E-state index in [1.165, 1.54) is 17.4 Å². The van der Waals surface area contributed by atoms with Gasteiger partial charge in [-0.15, -0.1) is 9.24 Å². The Kier molecular flexibility index (Phi) is 8.94. The van der Waals surface area contributed by atoms with Crippen LogP contribution in [-0.4, -0.2) is 64.7 Å². The number of nitrogen functional groups attached to an aromatic ring is 1. The van der Waals surface area contributed by atoms with Gasteiger partial charge in [0, 0.05) is 30.2 Å². The normalized spacial score (nSPS) is 14.5. The molecule has 3 N–H and O–H groups in total. The van der Waals surface area contributed by atoms with Crippen molar-refractivity contribution in [2.45, 2.75) is 23.8 Å². The first-order valence-corrected chi connectivity index (χ1v) is 13.6. The van der Waals surface area contributed by atoms with Crippen LogP contribution in [0.25, 0.3) is 0 Å². The van der Waals surface area contributed by atoms with Crippen molar-refractivity contribution >= 4 is 54.6 Å². The number of anilines is 2. The summed E-state index contributed by atoms with van der Waals surface area (Å²) in [6.07, 6.45) is 3.70. The van der Waals surface area contributed by atoms with Gasteiger partial charge < -0.3 is 11.1 Å². The third kappa shape index (κ3) is 6.81. The molecule has 188 valence electrons. The molecular formula is C25H28FN6OPS2. The van der Waals surface area contributed by atoms with E-state index in [0.717, 1.165) is 36.5 Å². The largest absolute Gasteiger partial charge is 0.382 e. The second-order valence-electron chi connectivity index (χ2n) is 8.62. The minimum atomic E-state index is -0.568. The first kappa shape index (κ1) is 26.5. The standard InChI is InChI=1S/C25H28FN6OPS2/c1-31(2)12-4-5-16-8-9-18(15-28-16)36-32-13-10-17(11-14-32)29-25-30-24(27)23(35-25)22(33)21-19(26)6-3-7-20(21)34/h3,6-9,15,17H,10-14,27,34H2,1-2H3,(H,29,30). The molecule has 1 atom stereocenters. The number of nitrogens with two attached hydrogens (primary N) is 1. The first-order valence-electron chi connectivity index (χ1n) is 11.4. The number of rotatable bonds is 7. The number of piperidine rings is 1. The zero-order valence-electron chi connectivity index (χ0n) is 20.1. The second kappa shape index (κ2) is 12.1. The van der Waals surface area contributed by atoms with Crippen LogP contribution in [0.5, 0.6) is 0 Å². The zero-order valence-corrected chi connectivity index (χ0v) is 22.9. The molecular weight excluding hydrogens is 514 g/mol. The van der Waals surface area contributed by atoms with Gasteiger partial charge >= 0.3 is 0 Å². The lowest BCUT2D eigenvalue weighted by Crippen LogP contribution is -2.35. The van der Waals surface area contributed by atoms with Crippen LogP contribution >= 0.6 is 32.5 Å². The van der Waals surface area contributed by atoms with Gasteiger partial charge in [-0.25, -0.2) is 18.7 Å². The summed E-state index contributed by atoms with van der Waals surface area (Å²) in [7, 11) is 6.37. The fourth-order valence-corrected chi connectivity index (χ4v) is 5.87. The third-order valence-electron chi connectivity index (χ3n) is 5.50. The summed E-state index contributed by atoms with van der Waals surface area (Å²) in [5, 5.41) is 4.48. The molecule has 11 heteroatoms. The SMILES string of the molecule is CN(C)CC#Cc1ccc(SN2CCC(Nc3nc(N)c(C(=O)c4c(F)cccc4P)s3)CC2)cn1. The number of hydrogen-bond acceptors (Lipinski definition) is 9. The van der Waals surface area contributed by atoms with E-state index in [-0.39, 0.29) is 22.3 Å². The lowest BCUT2D eigenvalue weighted by atomic mass is 10.1. The van der Waals surface area contributed by atoms with Gasteiger partial charge in [0.25, 0.3) is 0 Å². The third-order valence-corrected chi connectivity index (χ3v) is 8.05. The lowest BCUT2D eigenvalue weighted by Gasteiger charge is -2.31. The molecule has 1 fully saturated rings. The molecule has 4 rings (SSSR count). The van der Waals surface area contributed by atoms with Crippen LogP contribution in [0.3, 0.4) is 0 Å². The highest BCUT2D eigenvalue weighted by molar-refractivity contribution is 7.97.